The van der Waals surface area contributed by atoms with E-state index in [4.69, 9.17) is 11.6 Å². The quantitative estimate of drug-likeness (QED) is 0.693. The first kappa shape index (κ1) is 13.6. The Bertz CT molecular complexity index is 338. The smallest absolute Gasteiger partial charge is 0.211 e. The van der Waals surface area contributed by atoms with Gasteiger partial charge in [0.25, 0.3) is 0 Å². The maximum Gasteiger partial charge on any atom is 0.211 e. The highest BCUT2D eigenvalue weighted by Crippen LogP contribution is 2.48. The average molecular weight is 280 g/mol. The van der Waals surface area contributed by atoms with Gasteiger partial charge in [0.05, 0.1) is 5.75 Å². The van der Waals surface area contributed by atoms with Gasteiger partial charge in [0.1, 0.15) is 0 Å². The van der Waals surface area contributed by atoms with Crippen LogP contribution in [0.2, 0.25) is 0 Å². The molecule has 3 nitrogen and oxygen atoms in total. The van der Waals surface area contributed by atoms with Gasteiger partial charge in [-0.15, -0.1) is 11.6 Å². The SMILES string of the molecule is CC(CCl)CS(=O)(=O)NCC(C1CC1)C1CC1. The van der Waals surface area contributed by atoms with Crippen molar-refractivity contribution in [3.05, 3.63) is 0 Å². The Labute approximate surface area is 109 Å². The van der Waals surface area contributed by atoms with Crippen molar-refractivity contribution in [2.75, 3.05) is 18.2 Å². The molecular weight excluding hydrogens is 258 g/mol. The van der Waals surface area contributed by atoms with Crippen molar-refractivity contribution in [2.24, 2.45) is 23.7 Å². The first-order valence-corrected chi connectivity index (χ1v) is 8.74. The topological polar surface area (TPSA) is 46.2 Å². The van der Waals surface area contributed by atoms with Gasteiger partial charge in [-0.2, -0.15) is 0 Å². The Morgan fingerprint density at radius 1 is 1.24 bits per heavy atom. The van der Waals surface area contributed by atoms with Crippen molar-refractivity contribution >= 4 is 21.6 Å². The molecule has 1 N–H and O–H groups in total. The predicted octanol–water partition coefficient (Wildman–Crippen LogP) is 2.22. The molecule has 0 aromatic heterocycles. The zero-order valence-electron chi connectivity index (χ0n) is 10.4. The summed E-state index contributed by atoms with van der Waals surface area (Å²) in [7, 11) is -3.13. The Kier molecular flexibility index (Phi) is 4.37. The van der Waals surface area contributed by atoms with E-state index in [0.717, 1.165) is 11.8 Å². The fourth-order valence-corrected chi connectivity index (χ4v) is 4.14. The molecule has 0 aromatic carbocycles. The largest absolute Gasteiger partial charge is 0.215 e. The lowest BCUT2D eigenvalue weighted by Crippen LogP contribution is -2.34. The molecule has 1 atom stereocenters. The summed E-state index contributed by atoms with van der Waals surface area (Å²) in [4.78, 5) is 0. The Morgan fingerprint density at radius 2 is 1.76 bits per heavy atom. The van der Waals surface area contributed by atoms with Gasteiger partial charge < -0.3 is 0 Å². The summed E-state index contributed by atoms with van der Waals surface area (Å²) < 4.78 is 26.4. The number of halogens is 1. The number of nitrogens with one attached hydrogen (secondary N) is 1. The number of sulfonamides is 1. The van der Waals surface area contributed by atoms with E-state index in [2.05, 4.69) is 4.72 Å². The van der Waals surface area contributed by atoms with E-state index in [1.54, 1.807) is 0 Å². The summed E-state index contributed by atoms with van der Waals surface area (Å²) in [5.74, 6) is 2.74. The van der Waals surface area contributed by atoms with Gasteiger partial charge >= 0.3 is 0 Å². The fourth-order valence-electron chi connectivity index (χ4n) is 2.47. The van der Waals surface area contributed by atoms with Gasteiger partial charge in [0.15, 0.2) is 0 Å². The number of alkyl halides is 1. The molecule has 0 spiro atoms. The van der Waals surface area contributed by atoms with E-state index in [1.807, 2.05) is 6.92 Å². The van der Waals surface area contributed by atoms with E-state index in [-0.39, 0.29) is 11.7 Å². The van der Waals surface area contributed by atoms with Crippen LogP contribution in [0, 0.1) is 23.7 Å². The highest BCUT2D eigenvalue weighted by Gasteiger charge is 2.41. The second-order valence-corrected chi connectivity index (χ2v) is 7.89. The molecule has 0 radical (unpaired) electrons. The van der Waals surface area contributed by atoms with Crippen molar-refractivity contribution in [3.63, 3.8) is 0 Å². The average Bonchev–Trinajstić information content (AvgIpc) is 3.10. The van der Waals surface area contributed by atoms with Crippen LogP contribution in [-0.2, 0) is 10.0 Å². The summed E-state index contributed by atoms with van der Waals surface area (Å²) >= 11 is 5.65. The number of rotatable bonds is 8. The minimum atomic E-state index is -3.13. The highest BCUT2D eigenvalue weighted by molar-refractivity contribution is 7.89. The Balaban J connectivity index is 1.79. The molecule has 0 amide bonds. The molecule has 5 heteroatoms. The van der Waals surface area contributed by atoms with E-state index in [0.29, 0.717) is 18.3 Å². The maximum absolute atomic E-state index is 11.8. The molecule has 2 aliphatic rings. The molecule has 2 fully saturated rings. The van der Waals surface area contributed by atoms with E-state index in [9.17, 15) is 8.42 Å². The van der Waals surface area contributed by atoms with Crippen LogP contribution < -0.4 is 4.72 Å². The lowest BCUT2D eigenvalue weighted by molar-refractivity contribution is 0.401. The number of hydrogen-bond acceptors (Lipinski definition) is 2. The van der Waals surface area contributed by atoms with Crippen LogP contribution in [0.1, 0.15) is 32.6 Å². The molecule has 1 unspecified atom stereocenters. The zero-order valence-corrected chi connectivity index (χ0v) is 11.9. The predicted molar refractivity (Wildman–Crippen MR) is 70.6 cm³/mol. The van der Waals surface area contributed by atoms with Crippen LogP contribution in [0.3, 0.4) is 0 Å². The molecular formula is C12H22ClNO2S. The molecule has 2 aliphatic carbocycles. The van der Waals surface area contributed by atoms with Crippen molar-refractivity contribution in [2.45, 2.75) is 32.6 Å². The molecule has 2 saturated carbocycles. The van der Waals surface area contributed by atoms with Crippen LogP contribution in [0.15, 0.2) is 0 Å². The second kappa shape index (κ2) is 5.45. The third-order valence-corrected chi connectivity index (χ3v) is 5.90. The molecule has 0 heterocycles. The third-order valence-electron chi connectivity index (χ3n) is 3.76. The molecule has 0 aromatic rings. The Morgan fingerprint density at radius 3 is 2.18 bits per heavy atom. The first-order valence-electron chi connectivity index (χ1n) is 6.55. The van der Waals surface area contributed by atoms with Crippen molar-refractivity contribution < 1.29 is 8.42 Å². The van der Waals surface area contributed by atoms with Crippen LogP contribution in [0.5, 0.6) is 0 Å². The van der Waals surface area contributed by atoms with Crippen molar-refractivity contribution in [1.82, 2.24) is 4.72 Å². The zero-order chi connectivity index (χ0) is 12.5. The van der Waals surface area contributed by atoms with E-state index in [1.165, 1.54) is 25.7 Å². The highest BCUT2D eigenvalue weighted by atomic mass is 35.5. The van der Waals surface area contributed by atoms with Gasteiger partial charge in [-0.1, -0.05) is 6.92 Å². The van der Waals surface area contributed by atoms with Crippen LogP contribution in [0.25, 0.3) is 0 Å². The summed E-state index contributed by atoms with van der Waals surface area (Å²) in [5.41, 5.74) is 0. The minimum absolute atomic E-state index is 0.0227. The maximum atomic E-state index is 11.8. The standard InChI is InChI=1S/C12H22ClNO2S/c1-9(6-13)8-17(15,16)14-7-12(10-2-3-10)11-4-5-11/h9-12,14H,2-8H2,1H3. The molecule has 0 bridgehead atoms. The van der Waals surface area contributed by atoms with Crippen LogP contribution in [0.4, 0.5) is 0 Å². The Hall–Kier alpha value is 0.200. The third kappa shape index (κ3) is 4.42. The number of hydrogen-bond donors (Lipinski definition) is 1. The summed E-state index contributed by atoms with van der Waals surface area (Å²) in [6, 6.07) is 0. The van der Waals surface area contributed by atoms with Gasteiger partial charge in [-0.3, -0.25) is 0 Å². The second-order valence-electron chi connectivity index (χ2n) is 5.73. The van der Waals surface area contributed by atoms with Gasteiger partial charge in [-0.25, -0.2) is 13.1 Å². The van der Waals surface area contributed by atoms with Crippen LogP contribution >= 0.6 is 11.6 Å². The van der Waals surface area contributed by atoms with E-state index >= 15 is 0 Å². The van der Waals surface area contributed by atoms with Gasteiger partial charge in [-0.05, 0) is 49.4 Å². The van der Waals surface area contributed by atoms with Crippen molar-refractivity contribution in [3.8, 4) is 0 Å². The molecule has 2 rings (SSSR count). The monoisotopic (exact) mass is 279 g/mol. The first-order chi connectivity index (χ1) is 8.02. The van der Waals surface area contributed by atoms with Crippen molar-refractivity contribution in [1.29, 1.82) is 0 Å². The molecule has 17 heavy (non-hydrogen) atoms. The molecule has 0 saturated heterocycles. The van der Waals surface area contributed by atoms with E-state index < -0.39 is 10.0 Å². The van der Waals surface area contributed by atoms with Crippen LogP contribution in [-0.4, -0.2) is 26.6 Å². The van der Waals surface area contributed by atoms with Gasteiger partial charge in [0.2, 0.25) is 10.0 Å². The fraction of sp³-hybridized carbons (Fsp3) is 1.00. The minimum Gasteiger partial charge on any atom is -0.215 e. The molecule has 100 valence electrons. The lowest BCUT2D eigenvalue weighted by Gasteiger charge is -2.17. The lowest BCUT2D eigenvalue weighted by atomic mass is 9.99. The van der Waals surface area contributed by atoms with Gasteiger partial charge in [0, 0.05) is 12.4 Å². The summed E-state index contributed by atoms with van der Waals surface area (Å²) in [6.07, 6.45) is 5.17. The summed E-state index contributed by atoms with van der Waals surface area (Å²) in [5, 5.41) is 0. The summed E-state index contributed by atoms with van der Waals surface area (Å²) in [6.45, 7) is 2.51. The molecule has 0 aliphatic heterocycles. The normalized spacial score (nSPS) is 23.0.